The zero-order valence-electron chi connectivity index (χ0n) is 17.6. The molecule has 156 valence electrons. The number of halogens is 2. The van der Waals surface area contributed by atoms with Crippen molar-refractivity contribution in [3.63, 3.8) is 0 Å². The first-order valence-electron chi connectivity index (χ1n) is 9.89. The molecule has 0 radical (unpaired) electrons. The fourth-order valence-corrected chi connectivity index (χ4v) is 10.0. The van der Waals surface area contributed by atoms with E-state index in [1.54, 1.807) is 0 Å². The van der Waals surface area contributed by atoms with E-state index in [0.717, 1.165) is 0 Å². The van der Waals surface area contributed by atoms with Crippen LogP contribution in [-0.4, -0.2) is 0 Å². The van der Waals surface area contributed by atoms with Crippen molar-refractivity contribution in [1.82, 2.24) is 0 Å². The molecule has 0 aromatic heterocycles. The van der Waals surface area contributed by atoms with Crippen molar-refractivity contribution in [2.75, 3.05) is 0 Å². The van der Waals surface area contributed by atoms with Gasteiger partial charge in [0, 0.05) is 0 Å². The summed E-state index contributed by atoms with van der Waals surface area (Å²) in [5, 5.41) is 5.81. The Hall–Kier alpha value is -2.11. The van der Waals surface area contributed by atoms with E-state index in [1.807, 2.05) is 0 Å². The largest absolute Gasteiger partial charge is 0.147 e. The van der Waals surface area contributed by atoms with Crippen LogP contribution >= 0.6 is 32.1 Å². The van der Waals surface area contributed by atoms with Crippen molar-refractivity contribution in [2.45, 2.75) is 20.8 Å². The quantitative estimate of drug-likeness (QED) is 0.341. The molecule has 0 atom stereocenters. The third-order valence-electron chi connectivity index (χ3n) is 5.67. The van der Waals surface area contributed by atoms with Gasteiger partial charge in [-0.15, -0.1) is 24.8 Å². The third-order valence-corrected chi connectivity index (χ3v) is 10.8. The minimum Gasteiger partial charge on any atom is -0.147 e. The van der Waals surface area contributed by atoms with Crippen LogP contribution in [0.3, 0.4) is 0 Å². The van der Waals surface area contributed by atoms with E-state index in [4.69, 9.17) is 0 Å². The van der Waals surface area contributed by atoms with E-state index in [9.17, 15) is 0 Å². The van der Waals surface area contributed by atoms with Crippen LogP contribution in [0.15, 0.2) is 103 Å². The summed E-state index contributed by atoms with van der Waals surface area (Å²) in [7, 11) is -2.41. The molecule has 30 heavy (non-hydrogen) atoms. The van der Waals surface area contributed by atoms with Crippen LogP contribution in [0, 0.1) is 20.8 Å². The van der Waals surface area contributed by atoms with Gasteiger partial charge in [-0.2, -0.15) is 0 Å². The predicted molar refractivity (Wildman–Crippen MR) is 141 cm³/mol. The van der Waals surface area contributed by atoms with E-state index >= 15 is 0 Å². The van der Waals surface area contributed by atoms with Gasteiger partial charge in [0.25, 0.3) is 0 Å². The molecule has 4 aromatic rings. The molecule has 0 saturated heterocycles. The Labute approximate surface area is 193 Å². The molecular formula is C27H29Cl2P. The van der Waals surface area contributed by atoms with Crippen molar-refractivity contribution in [1.29, 1.82) is 0 Å². The van der Waals surface area contributed by atoms with Gasteiger partial charge in [-0.25, -0.2) is 0 Å². The van der Waals surface area contributed by atoms with Gasteiger partial charge in [0.05, 0.1) is 0 Å². The van der Waals surface area contributed by atoms with E-state index in [1.165, 1.54) is 37.9 Å². The van der Waals surface area contributed by atoms with E-state index in [0.29, 0.717) is 0 Å². The number of hydrogen-bond donors (Lipinski definition) is 0. The molecule has 3 heteroatoms. The summed E-state index contributed by atoms with van der Waals surface area (Å²) in [6.45, 7) is 6.76. The first kappa shape index (κ1) is 24.2. The summed E-state index contributed by atoms with van der Waals surface area (Å²) in [4.78, 5) is 0. The molecule has 0 fully saturated rings. The average Bonchev–Trinajstić information content (AvgIpc) is 2.72. The van der Waals surface area contributed by atoms with Gasteiger partial charge in [0.2, 0.25) is 0 Å². The van der Waals surface area contributed by atoms with E-state index in [-0.39, 0.29) is 24.8 Å². The Bertz CT molecular complexity index is 958. The van der Waals surface area contributed by atoms with Crippen molar-refractivity contribution in [2.24, 2.45) is 0 Å². The molecule has 0 saturated carbocycles. The van der Waals surface area contributed by atoms with Crippen molar-refractivity contribution in [3.05, 3.63) is 120 Å². The maximum atomic E-state index is 2.35. The molecule has 4 aromatic carbocycles. The second-order valence-electron chi connectivity index (χ2n) is 7.62. The molecule has 0 aliphatic carbocycles. The first-order chi connectivity index (χ1) is 13.6. The fourth-order valence-electron chi connectivity index (χ4n) is 4.77. The second kappa shape index (κ2) is 10.3. The third kappa shape index (κ3) is 4.19. The minimum atomic E-state index is -2.41. The Morgan fingerprint density at radius 1 is 0.467 bits per heavy atom. The molecule has 4 rings (SSSR count). The normalized spacial score (nSPS) is 11.2. The molecule has 0 heterocycles. The number of aryl methyl sites for hydroxylation is 3. The Kier molecular flexibility index (Phi) is 8.27. The number of rotatable bonds is 4. The molecule has 0 unspecified atom stereocenters. The van der Waals surface area contributed by atoms with Gasteiger partial charge in [-0.05, 0) is 0 Å². The SMILES string of the molecule is Cc1cc(C)c([PH](c2ccccc2)(c2ccccc2)c2ccccc2)c(C)c1.Cl.Cl. The van der Waals surface area contributed by atoms with Crippen LogP contribution in [0.2, 0.25) is 0 Å². The smallest absolute Gasteiger partial charge is 0.147 e. The van der Waals surface area contributed by atoms with Crippen molar-refractivity contribution < 1.29 is 0 Å². The molecular weight excluding hydrogens is 426 g/mol. The Morgan fingerprint density at radius 3 is 1.07 bits per heavy atom. The minimum absolute atomic E-state index is 0. The van der Waals surface area contributed by atoms with Gasteiger partial charge >= 0.3 is 169 Å². The maximum Gasteiger partial charge on any atom is -0.147 e. The van der Waals surface area contributed by atoms with Crippen LogP contribution in [0.25, 0.3) is 0 Å². The van der Waals surface area contributed by atoms with Gasteiger partial charge in [0.1, 0.15) is 0 Å². The van der Waals surface area contributed by atoms with Gasteiger partial charge in [-0.3, -0.25) is 0 Å². The maximum absolute atomic E-state index is 2.41. The summed E-state index contributed by atoms with van der Waals surface area (Å²) < 4.78 is 0. The fraction of sp³-hybridized carbons (Fsp3) is 0.111. The van der Waals surface area contributed by atoms with Crippen LogP contribution < -0.4 is 21.2 Å². The standard InChI is InChI=1S/C27H27P.2ClH/c1-21-19-22(2)27(23(3)20-21)28(24-13-7-4-8-14-24,25-15-9-5-10-16-25)26-17-11-6-12-18-26;;/h4-20,28H,1-3H3;2*1H. The van der Waals surface area contributed by atoms with Crippen LogP contribution in [0.1, 0.15) is 16.7 Å². The summed E-state index contributed by atoms with van der Waals surface area (Å²) in [6.07, 6.45) is 0. The van der Waals surface area contributed by atoms with Crippen LogP contribution in [0.5, 0.6) is 0 Å². The van der Waals surface area contributed by atoms with Crippen molar-refractivity contribution >= 4 is 53.3 Å². The Morgan fingerprint density at radius 2 is 0.767 bits per heavy atom. The Balaban J connectivity index is 0.00000160. The van der Waals surface area contributed by atoms with E-state index in [2.05, 4.69) is 124 Å². The van der Waals surface area contributed by atoms with Crippen molar-refractivity contribution in [3.8, 4) is 0 Å². The predicted octanol–water partition coefficient (Wildman–Crippen LogP) is 5.81. The molecule has 0 amide bonds. The molecule has 0 bridgehead atoms. The van der Waals surface area contributed by atoms with Crippen LogP contribution in [-0.2, 0) is 0 Å². The van der Waals surface area contributed by atoms with E-state index < -0.39 is 7.26 Å². The molecule has 0 N–H and O–H groups in total. The molecule has 0 aliphatic rings. The van der Waals surface area contributed by atoms with Gasteiger partial charge in [0.15, 0.2) is 0 Å². The average molecular weight is 455 g/mol. The molecule has 0 nitrogen and oxygen atoms in total. The van der Waals surface area contributed by atoms with Gasteiger partial charge < -0.3 is 0 Å². The summed E-state index contributed by atoms with van der Waals surface area (Å²) in [6, 6.07) is 38.1. The zero-order chi connectivity index (χ0) is 19.6. The second-order valence-corrected chi connectivity index (χ2v) is 11.4. The van der Waals surface area contributed by atoms with Gasteiger partial charge in [-0.1, -0.05) is 0 Å². The monoisotopic (exact) mass is 454 g/mol. The van der Waals surface area contributed by atoms with Crippen LogP contribution in [0.4, 0.5) is 0 Å². The molecule has 0 spiro atoms. The summed E-state index contributed by atoms with van der Waals surface area (Å²) in [5.74, 6) is 0. The number of benzene rings is 4. The zero-order valence-corrected chi connectivity index (χ0v) is 20.3. The first-order valence-corrected chi connectivity index (χ1v) is 11.9. The summed E-state index contributed by atoms with van der Waals surface area (Å²) in [5.41, 5.74) is 4.11. The molecule has 0 aliphatic heterocycles. The summed E-state index contributed by atoms with van der Waals surface area (Å²) >= 11 is 0. The number of hydrogen-bond acceptors (Lipinski definition) is 0. The topological polar surface area (TPSA) is 0 Å².